The van der Waals surface area contributed by atoms with E-state index < -0.39 is 0 Å². The predicted octanol–water partition coefficient (Wildman–Crippen LogP) is 2.87. The van der Waals surface area contributed by atoms with Crippen molar-refractivity contribution in [1.82, 2.24) is 14.9 Å². The average Bonchev–Trinajstić information content (AvgIpc) is 3.11. The lowest BCUT2D eigenvalue weighted by atomic mass is 10.3. The molecule has 0 saturated heterocycles. The molecule has 1 N–H and O–H groups in total. The van der Waals surface area contributed by atoms with Gasteiger partial charge in [0.05, 0.1) is 11.7 Å². The zero-order valence-electron chi connectivity index (χ0n) is 11.1. The number of aromatic nitrogens is 2. The van der Waals surface area contributed by atoms with Crippen LogP contribution in [-0.2, 0) is 6.54 Å². The van der Waals surface area contributed by atoms with Crippen molar-refractivity contribution >= 4 is 32.9 Å². The Kier molecular flexibility index (Phi) is 3.95. The smallest absolute Gasteiger partial charge is 0.262 e. The molecule has 0 bridgehead atoms. The highest BCUT2D eigenvalue weighted by atomic mass is 32.1. The van der Waals surface area contributed by atoms with Crippen molar-refractivity contribution in [3.05, 3.63) is 50.5 Å². The SMILES string of the molecule is CC(NCCn1cnc2sccc2c1=O)c1cccs1. The number of thiophene rings is 2. The van der Waals surface area contributed by atoms with Crippen molar-refractivity contribution in [2.45, 2.75) is 19.5 Å². The third-order valence-electron chi connectivity index (χ3n) is 3.22. The van der Waals surface area contributed by atoms with Gasteiger partial charge in [-0.05, 0) is 29.8 Å². The van der Waals surface area contributed by atoms with Crippen LogP contribution in [0, 0.1) is 0 Å². The van der Waals surface area contributed by atoms with E-state index in [9.17, 15) is 4.79 Å². The highest BCUT2D eigenvalue weighted by Crippen LogP contribution is 2.17. The maximum Gasteiger partial charge on any atom is 0.262 e. The molecule has 0 radical (unpaired) electrons. The van der Waals surface area contributed by atoms with E-state index in [2.05, 4.69) is 34.7 Å². The van der Waals surface area contributed by atoms with Crippen molar-refractivity contribution in [1.29, 1.82) is 0 Å². The van der Waals surface area contributed by atoms with Crippen LogP contribution in [0.15, 0.2) is 40.1 Å². The first-order chi connectivity index (χ1) is 9.75. The molecule has 0 spiro atoms. The van der Waals surface area contributed by atoms with Gasteiger partial charge in [0.1, 0.15) is 4.83 Å². The molecule has 3 aromatic heterocycles. The maximum atomic E-state index is 12.2. The monoisotopic (exact) mass is 305 g/mol. The van der Waals surface area contributed by atoms with E-state index in [1.54, 1.807) is 22.2 Å². The zero-order chi connectivity index (χ0) is 13.9. The maximum absolute atomic E-state index is 12.2. The normalized spacial score (nSPS) is 12.8. The minimum Gasteiger partial charge on any atom is -0.308 e. The Morgan fingerprint density at radius 2 is 2.25 bits per heavy atom. The molecule has 0 aliphatic carbocycles. The zero-order valence-corrected chi connectivity index (χ0v) is 12.7. The Morgan fingerprint density at radius 1 is 1.35 bits per heavy atom. The molecule has 3 heterocycles. The lowest BCUT2D eigenvalue weighted by molar-refractivity contribution is 0.528. The lowest BCUT2D eigenvalue weighted by Gasteiger charge is -2.12. The molecule has 1 unspecified atom stereocenters. The summed E-state index contributed by atoms with van der Waals surface area (Å²) >= 11 is 3.24. The van der Waals surface area contributed by atoms with Crippen molar-refractivity contribution < 1.29 is 0 Å². The third kappa shape index (κ3) is 2.67. The largest absolute Gasteiger partial charge is 0.308 e. The molecular weight excluding hydrogens is 290 g/mol. The molecule has 3 rings (SSSR count). The Bertz CT molecular complexity index is 745. The predicted molar refractivity (Wildman–Crippen MR) is 84.6 cm³/mol. The van der Waals surface area contributed by atoms with Gasteiger partial charge in [-0.25, -0.2) is 4.98 Å². The third-order valence-corrected chi connectivity index (χ3v) is 5.10. The molecular formula is C14H15N3OS2. The minimum absolute atomic E-state index is 0.0434. The van der Waals surface area contributed by atoms with Gasteiger partial charge in [-0.2, -0.15) is 0 Å². The standard InChI is InChI=1S/C14H15N3OS2/c1-10(12-3-2-7-19-12)15-5-6-17-9-16-13-11(14(17)18)4-8-20-13/h2-4,7-10,15H,5-6H2,1H3. The molecule has 4 nitrogen and oxygen atoms in total. The van der Waals surface area contributed by atoms with Crippen molar-refractivity contribution in [3.8, 4) is 0 Å². The molecule has 0 amide bonds. The van der Waals surface area contributed by atoms with Crippen LogP contribution >= 0.6 is 22.7 Å². The van der Waals surface area contributed by atoms with Gasteiger partial charge in [-0.3, -0.25) is 9.36 Å². The summed E-state index contributed by atoms with van der Waals surface area (Å²) in [5.74, 6) is 0. The van der Waals surface area contributed by atoms with Gasteiger partial charge < -0.3 is 5.32 Å². The van der Waals surface area contributed by atoms with Crippen LogP contribution in [0.5, 0.6) is 0 Å². The summed E-state index contributed by atoms with van der Waals surface area (Å²) in [7, 11) is 0. The summed E-state index contributed by atoms with van der Waals surface area (Å²) < 4.78 is 1.67. The minimum atomic E-state index is 0.0434. The molecule has 0 aliphatic rings. The lowest BCUT2D eigenvalue weighted by Crippen LogP contribution is -2.28. The van der Waals surface area contributed by atoms with Crippen LogP contribution in [-0.4, -0.2) is 16.1 Å². The summed E-state index contributed by atoms with van der Waals surface area (Å²) in [5.41, 5.74) is 0.0434. The van der Waals surface area contributed by atoms with Crippen molar-refractivity contribution in [2.75, 3.05) is 6.54 Å². The van der Waals surface area contributed by atoms with E-state index in [1.165, 1.54) is 16.2 Å². The number of nitrogens with zero attached hydrogens (tertiary/aromatic N) is 2. The molecule has 20 heavy (non-hydrogen) atoms. The number of hydrogen-bond acceptors (Lipinski definition) is 5. The Morgan fingerprint density at radius 3 is 3.05 bits per heavy atom. The summed E-state index contributed by atoms with van der Waals surface area (Å²) in [6.07, 6.45) is 1.64. The van der Waals surface area contributed by atoms with E-state index in [-0.39, 0.29) is 5.56 Å². The summed E-state index contributed by atoms with van der Waals surface area (Å²) in [6, 6.07) is 6.32. The average molecular weight is 305 g/mol. The quantitative estimate of drug-likeness (QED) is 0.788. The van der Waals surface area contributed by atoms with Gasteiger partial charge in [0.25, 0.3) is 5.56 Å². The van der Waals surface area contributed by atoms with Crippen LogP contribution in [0.4, 0.5) is 0 Å². The second kappa shape index (κ2) is 5.87. The van der Waals surface area contributed by atoms with Crippen LogP contribution in [0.1, 0.15) is 17.8 Å². The fourth-order valence-corrected chi connectivity index (χ4v) is 3.57. The van der Waals surface area contributed by atoms with E-state index in [0.29, 0.717) is 18.0 Å². The molecule has 0 fully saturated rings. The van der Waals surface area contributed by atoms with Gasteiger partial charge in [-0.1, -0.05) is 6.07 Å². The molecule has 0 aromatic carbocycles. The van der Waals surface area contributed by atoms with Gasteiger partial charge in [-0.15, -0.1) is 22.7 Å². The van der Waals surface area contributed by atoms with Gasteiger partial charge >= 0.3 is 0 Å². The first kappa shape index (κ1) is 13.5. The Labute approximate surface area is 124 Å². The van der Waals surface area contributed by atoms with Gasteiger partial charge in [0, 0.05) is 24.0 Å². The number of rotatable bonds is 5. The number of nitrogens with one attached hydrogen (secondary N) is 1. The highest BCUT2D eigenvalue weighted by molar-refractivity contribution is 7.16. The number of fused-ring (bicyclic) bond motifs is 1. The highest BCUT2D eigenvalue weighted by Gasteiger charge is 2.07. The van der Waals surface area contributed by atoms with E-state index in [0.717, 1.165) is 11.4 Å². The van der Waals surface area contributed by atoms with E-state index in [4.69, 9.17) is 0 Å². The molecule has 3 aromatic rings. The number of hydrogen-bond donors (Lipinski definition) is 1. The second-order valence-corrected chi connectivity index (χ2v) is 6.45. The first-order valence-corrected chi connectivity index (χ1v) is 8.21. The van der Waals surface area contributed by atoms with Crippen molar-refractivity contribution in [3.63, 3.8) is 0 Å². The molecule has 1 atom stereocenters. The van der Waals surface area contributed by atoms with Gasteiger partial charge in [0.15, 0.2) is 0 Å². The van der Waals surface area contributed by atoms with Crippen LogP contribution in [0.25, 0.3) is 10.2 Å². The summed E-state index contributed by atoms with van der Waals surface area (Å²) in [5, 5.41) is 8.12. The van der Waals surface area contributed by atoms with Crippen LogP contribution in [0.2, 0.25) is 0 Å². The fraction of sp³-hybridized carbons (Fsp3) is 0.286. The molecule has 6 heteroatoms. The fourth-order valence-electron chi connectivity index (χ4n) is 2.09. The van der Waals surface area contributed by atoms with E-state index in [1.807, 2.05) is 11.4 Å². The summed E-state index contributed by atoms with van der Waals surface area (Å²) in [6.45, 7) is 3.51. The second-order valence-electron chi connectivity index (χ2n) is 4.57. The molecule has 0 saturated carbocycles. The summed E-state index contributed by atoms with van der Waals surface area (Å²) in [4.78, 5) is 18.6. The van der Waals surface area contributed by atoms with Crippen LogP contribution in [0.3, 0.4) is 0 Å². The van der Waals surface area contributed by atoms with Crippen molar-refractivity contribution in [2.24, 2.45) is 0 Å². The first-order valence-electron chi connectivity index (χ1n) is 6.45. The van der Waals surface area contributed by atoms with Crippen LogP contribution < -0.4 is 10.9 Å². The molecule has 0 aliphatic heterocycles. The Balaban J connectivity index is 1.65. The topological polar surface area (TPSA) is 46.9 Å². The van der Waals surface area contributed by atoms with Gasteiger partial charge in [0.2, 0.25) is 0 Å². The van der Waals surface area contributed by atoms with E-state index >= 15 is 0 Å². The Hall–Kier alpha value is -1.50. The molecule has 104 valence electrons.